The van der Waals surface area contributed by atoms with Gasteiger partial charge in [0.05, 0.1) is 6.61 Å². The molecule has 2 N–H and O–H groups in total. The molecule has 4 nitrogen and oxygen atoms in total. The van der Waals surface area contributed by atoms with Crippen molar-refractivity contribution in [3.8, 4) is 5.75 Å². The molecule has 0 aliphatic rings. The molecular weight excluding hydrogens is 250 g/mol. The van der Waals surface area contributed by atoms with Crippen LogP contribution in [-0.2, 0) is 6.54 Å². The molecule has 0 heterocycles. The van der Waals surface area contributed by atoms with E-state index in [0.29, 0.717) is 6.61 Å². The summed E-state index contributed by atoms with van der Waals surface area (Å²) in [6.07, 6.45) is 3.66. The van der Waals surface area contributed by atoms with Crippen LogP contribution in [-0.4, -0.2) is 26.2 Å². The van der Waals surface area contributed by atoms with Crippen LogP contribution in [0.1, 0.15) is 38.7 Å². The van der Waals surface area contributed by atoms with Gasteiger partial charge in [-0.25, -0.2) is 0 Å². The number of nitrogens with zero attached hydrogens (tertiary/aromatic N) is 1. The Morgan fingerprint density at radius 3 is 2.75 bits per heavy atom. The number of rotatable bonds is 8. The Labute approximate surface area is 122 Å². The van der Waals surface area contributed by atoms with E-state index < -0.39 is 0 Å². The van der Waals surface area contributed by atoms with Gasteiger partial charge in [0.2, 0.25) is 0 Å². The lowest BCUT2D eigenvalue weighted by molar-refractivity contribution is 0.340. The second-order valence-corrected chi connectivity index (χ2v) is 4.64. The van der Waals surface area contributed by atoms with Gasteiger partial charge in [-0.1, -0.05) is 31.9 Å². The first-order valence-corrected chi connectivity index (χ1v) is 7.46. The van der Waals surface area contributed by atoms with Crippen molar-refractivity contribution in [3.63, 3.8) is 0 Å². The molecule has 1 rings (SSSR count). The zero-order chi connectivity index (χ0) is 14.6. The predicted octanol–water partition coefficient (Wildman–Crippen LogP) is 2.94. The van der Waals surface area contributed by atoms with Crippen molar-refractivity contribution in [2.75, 3.05) is 20.2 Å². The molecule has 0 saturated heterocycles. The van der Waals surface area contributed by atoms with Gasteiger partial charge in [-0.3, -0.25) is 4.99 Å². The zero-order valence-electron chi connectivity index (χ0n) is 12.9. The number of aliphatic imine (C=N–C) groups is 1. The van der Waals surface area contributed by atoms with Gasteiger partial charge in [0.25, 0.3) is 0 Å². The molecule has 0 fully saturated rings. The monoisotopic (exact) mass is 277 g/mol. The second-order valence-electron chi connectivity index (χ2n) is 4.64. The van der Waals surface area contributed by atoms with Crippen LogP contribution < -0.4 is 15.4 Å². The lowest BCUT2D eigenvalue weighted by atomic mass is 10.2. The van der Waals surface area contributed by atoms with Gasteiger partial charge < -0.3 is 15.4 Å². The Hall–Kier alpha value is -1.71. The van der Waals surface area contributed by atoms with Gasteiger partial charge in [0.15, 0.2) is 5.96 Å². The standard InChI is InChI=1S/C16H27N3O/c1-4-6-7-11-18-16(17-3)19-13-14-9-8-10-15(12-14)20-5-2/h8-10,12H,4-7,11,13H2,1-3H3,(H2,17,18,19). The maximum atomic E-state index is 5.50. The minimum Gasteiger partial charge on any atom is -0.494 e. The highest BCUT2D eigenvalue weighted by Crippen LogP contribution is 2.12. The number of nitrogens with one attached hydrogen (secondary N) is 2. The van der Waals surface area contributed by atoms with E-state index in [-0.39, 0.29) is 0 Å². The number of benzene rings is 1. The molecule has 0 aliphatic carbocycles. The molecule has 0 amide bonds. The van der Waals surface area contributed by atoms with Crippen molar-refractivity contribution < 1.29 is 4.74 Å². The van der Waals surface area contributed by atoms with E-state index in [1.807, 2.05) is 19.1 Å². The van der Waals surface area contributed by atoms with Crippen LogP contribution in [0.3, 0.4) is 0 Å². The quantitative estimate of drug-likeness (QED) is 0.436. The summed E-state index contributed by atoms with van der Waals surface area (Å²) in [5, 5.41) is 6.64. The summed E-state index contributed by atoms with van der Waals surface area (Å²) in [5.41, 5.74) is 1.19. The molecule has 0 atom stereocenters. The summed E-state index contributed by atoms with van der Waals surface area (Å²) in [7, 11) is 1.80. The summed E-state index contributed by atoms with van der Waals surface area (Å²) in [5.74, 6) is 1.76. The third-order valence-corrected chi connectivity index (χ3v) is 2.97. The largest absolute Gasteiger partial charge is 0.494 e. The van der Waals surface area contributed by atoms with E-state index in [0.717, 1.165) is 24.8 Å². The molecular formula is C16H27N3O. The molecule has 20 heavy (non-hydrogen) atoms. The summed E-state index contributed by atoms with van der Waals surface area (Å²) >= 11 is 0. The van der Waals surface area contributed by atoms with Crippen LogP contribution in [0, 0.1) is 0 Å². The maximum Gasteiger partial charge on any atom is 0.191 e. The Morgan fingerprint density at radius 1 is 1.20 bits per heavy atom. The van der Waals surface area contributed by atoms with E-state index in [4.69, 9.17) is 4.74 Å². The Morgan fingerprint density at radius 2 is 2.05 bits per heavy atom. The summed E-state index contributed by atoms with van der Waals surface area (Å²) < 4.78 is 5.50. The van der Waals surface area contributed by atoms with Crippen LogP contribution in [0.4, 0.5) is 0 Å². The van der Waals surface area contributed by atoms with E-state index >= 15 is 0 Å². The highest BCUT2D eigenvalue weighted by Gasteiger charge is 1.99. The third kappa shape index (κ3) is 6.45. The van der Waals surface area contributed by atoms with Gasteiger partial charge in [-0.05, 0) is 31.0 Å². The number of hydrogen-bond donors (Lipinski definition) is 2. The lowest BCUT2D eigenvalue weighted by Gasteiger charge is -2.12. The molecule has 0 unspecified atom stereocenters. The van der Waals surface area contributed by atoms with Gasteiger partial charge in [-0.2, -0.15) is 0 Å². The molecule has 0 radical (unpaired) electrons. The van der Waals surface area contributed by atoms with E-state index in [1.54, 1.807) is 7.05 Å². The van der Waals surface area contributed by atoms with Gasteiger partial charge >= 0.3 is 0 Å². The fourth-order valence-electron chi connectivity index (χ4n) is 1.90. The molecule has 0 bridgehead atoms. The molecule has 0 saturated carbocycles. The van der Waals surface area contributed by atoms with Gasteiger partial charge in [0.1, 0.15) is 5.75 Å². The van der Waals surface area contributed by atoms with E-state index in [9.17, 15) is 0 Å². The van der Waals surface area contributed by atoms with Crippen LogP contribution in [0.25, 0.3) is 0 Å². The Balaban J connectivity index is 2.38. The van der Waals surface area contributed by atoms with E-state index in [1.165, 1.54) is 24.8 Å². The summed E-state index contributed by atoms with van der Waals surface area (Å²) in [6.45, 7) is 6.60. The highest BCUT2D eigenvalue weighted by molar-refractivity contribution is 5.79. The normalized spacial score (nSPS) is 11.2. The highest BCUT2D eigenvalue weighted by atomic mass is 16.5. The molecule has 1 aromatic carbocycles. The molecule has 1 aromatic rings. The van der Waals surface area contributed by atoms with Crippen molar-refractivity contribution in [2.45, 2.75) is 39.7 Å². The van der Waals surface area contributed by atoms with Gasteiger partial charge in [0, 0.05) is 20.1 Å². The average Bonchev–Trinajstić information content (AvgIpc) is 2.47. The predicted molar refractivity (Wildman–Crippen MR) is 85.3 cm³/mol. The Kier molecular flexibility index (Phi) is 8.27. The van der Waals surface area contributed by atoms with Crippen molar-refractivity contribution in [1.29, 1.82) is 0 Å². The fourth-order valence-corrected chi connectivity index (χ4v) is 1.90. The minimum atomic E-state index is 0.692. The van der Waals surface area contributed by atoms with Crippen molar-refractivity contribution in [2.24, 2.45) is 4.99 Å². The van der Waals surface area contributed by atoms with Crippen LogP contribution in [0.5, 0.6) is 5.75 Å². The number of hydrogen-bond acceptors (Lipinski definition) is 2. The van der Waals surface area contributed by atoms with E-state index in [2.05, 4.69) is 34.7 Å². The molecule has 4 heteroatoms. The zero-order valence-corrected chi connectivity index (χ0v) is 12.9. The number of guanidine groups is 1. The van der Waals surface area contributed by atoms with Crippen LogP contribution in [0.2, 0.25) is 0 Å². The number of unbranched alkanes of at least 4 members (excludes halogenated alkanes) is 2. The Bertz CT molecular complexity index is 404. The van der Waals surface area contributed by atoms with Crippen molar-refractivity contribution in [1.82, 2.24) is 10.6 Å². The lowest BCUT2D eigenvalue weighted by Crippen LogP contribution is -2.37. The number of ether oxygens (including phenoxy) is 1. The first-order chi connectivity index (χ1) is 9.80. The van der Waals surface area contributed by atoms with Crippen LogP contribution in [0.15, 0.2) is 29.3 Å². The summed E-state index contributed by atoms with van der Waals surface area (Å²) in [4.78, 5) is 4.22. The molecule has 0 aliphatic heterocycles. The average molecular weight is 277 g/mol. The first kappa shape index (κ1) is 16.3. The smallest absolute Gasteiger partial charge is 0.191 e. The third-order valence-electron chi connectivity index (χ3n) is 2.97. The topological polar surface area (TPSA) is 45.7 Å². The minimum absolute atomic E-state index is 0.692. The molecule has 0 spiro atoms. The second kappa shape index (κ2) is 10.1. The van der Waals surface area contributed by atoms with Crippen molar-refractivity contribution in [3.05, 3.63) is 29.8 Å². The van der Waals surface area contributed by atoms with Gasteiger partial charge in [-0.15, -0.1) is 0 Å². The molecule has 112 valence electrons. The maximum absolute atomic E-state index is 5.50. The van der Waals surface area contributed by atoms with Crippen LogP contribution >= 0.6 is 0 Å². The molecule has 0 aromatic heterocycles. The fraction of sp³-hybridized carbons (Fsp3) is 0.562. The summed E-state index contributed by atoms with van der Waals surface area (Å²) in [6, 6.07) is 8.13. The van der Waals surface area contributed by atoms with Crippen molar-refractivity contribution >= 4 is 5.96 Å². The first-order valence-electron chi connectivity index (χ1n) is 7.46. The SMILES string of the molecule is CCCCCNC(=NC)NCc1cccc(OCC)c1.